The van der Waals surface area contributed by atoms with Crippen LogP contribution in [0.25, 0.3) is 11.1 Å². The molecule has 0 aromatic heterocycles. The Morgan fingerprint density at radius 3 is 2.05 bits per heavy atom. The molecule has 2 aromatic carbocycles. The molecule has 104 valence electrons. The molecule has 2 aromatic rings. The van der Waals surface area contributed by atoms with Gasteiger partial charge in [0.25, 0.3) is 0 Å². The lowest BCUT2D eigenvalue weighted by Gasteiger charge is -2.12. The Labute approximate surface area is 119 Å². The SMILES string of the molecule is CCNC(=O)C(C)c1ccc(-c2ccc(O)cc2)cc1. The third-order valence-electron chi connectivity index (χ3n) is 3.36. The van der Waals surface area contributed by atoms with Crippen molar-refractivity contribution >= 4 is 5.91 Å². The summed E-state index contributed by atoms with van der Waals surface area (Å²) in [6.45, 7) is 4.47. The Bertz CT molecular complexity index is 573. The Hall–Kier alpha value is -2.29. The summed E-state index contributed by atoms with van der Waals surface area (Å²) in [7, 11) is 0. The standard InChI is InChI=1S/C17H19NO2/c1-3-18-17(20)12(2)13-4-6-14(7-5-13)15-8-10-16(19)11-9-15/h4-12,19H,3H2,1-2H3,(H,18,20). The van der Waals surface area contributed by atoms with Crippen molar-refractivity contribution in [2.24, 2.45) is 0 Å². The Balaban J connectivity index is 2.17. The molecule has 3 heteroatoms. The van der Waals surface area contributed by atoms with Gasteiger partial charge >= 0.3 is 0 Å². The first kappa shape index (κ1) is 14.1. The Morgan fingerprint density at radius 1 is 1.05 bits per heavy atom. The normalized spacial score (nSPS) is 11.9. The van der Waals surface area contributed by atoms with E-state index in [1.165, 1.54) is 0 Å². The van der Waals surface area contributed by atoms with Crippen molar-refractivity contribution in [3.8, 4) is 16.9 Å². The van der Waals surface area contributed by atoms with Crippen LogP contribution in [0.5, 0.6) is 5.75 Å². The number of aromatic hydroxyl groups is 1. The first-order valence-corrected chi connectivity index (χ1v) is 6.79. The summed E-state index contributed by atoms with van der Waals surface area (Å²) in [5, 5.41) is 12.1. The van der Waals surface area contributed by atoms with Gasteiger partial charge in [-0.15, -0.1) is 0 Å². The highest BCUT2D eigenvalue weighted by atomic mass is 16.3. The fourth-order valence-electron chi connectivity index (χ4n) is 2.10. The zero-order valence-electron chi connectivity index (χ0n) is 11.8. The molecule has 20 heavy (non-hydrogen) atoms. The Kier molecular flexibility index (Phi) is 4.41. The van der Waals surface area contributed by atoms with Crippen molar-refractivity contribution in [1.29, 1.82) is 0 Å². The van der Waals surface area contributed by atoms with Crippen LogP contribution in [0.1, 0.15) is 25.3 Å². The third-order valence-corrected chi connectivity index (χ3v) is 3.36. The van der Waals surface area contributed by atoms with Crippen LogP contribution in [0.3, 0.4) is 0 Å². The number of nitrogens with one attached hydrogen (secondary N) is 1. The molecular weight excluding hydrogens is 250 g/mol. The third kappa shape index (κ3) is 3.18. The van der Waals surface area contributed by atoms with Gasteiger partial charge in [-0.05, 0) is 42.7 Å². The molecule has 0 bridgehead atoms. The number of phenolic OH excluding ortho intramolecular Hbond substituents is 1. The number of hydrogen-bond donors (Lipinski definition) is 2. The van der Waals surface area contributed by atoms with E-state index in [1.54, 1.807) is 12.1 Å². The fraction of sp³-hybridized carbons (Fsp3) is 0.235. The highest BCUT2D eigenvalue weighted by Crippen LogP contribution is 2.24. The Morgan fingerprint density at radius 2 is 1.55 bits per heavy atom. The van der Waals surface area contributed by atoms with Gasteiger partial charge in [-0.2, -0.15) is 0 Å². The van der Waals surface area contributed by atoms with Gasteiger partial charge in [-0.3, -0.25) is 4.79 Å². The van der Waals surface area contributed by atoms with E-state index in [1.807, 2.05) is 50.2 Å². The summed E-state index contributed by atoms with van der Waals surface area (Å²) < 4.78 is 0. The zero-order chi connectivity index (χ0) is 14.5. The molecule has 0 heterocycles. The van der Waals surface area contributed by atoms with Crippen molar-refractivity contribution in [3.63, 3.8) is 0 Å². The molecule has 0 aliphatic carbocycles. The first-order valence-electron chi connectivity index (χ1n) is 6.79. The smallest absolute Gasteiger partial charge is 0.227 e. The number of carbonyl (C=O) groups excluding carboxylic acids is 1. The maximum Gasteiger partial charge on any atom is 0.227 e. The predicted octanol–water partition coefficient (Wildman–Crippen LogP) is 3.30. The number of rotatable bonds is 4. The van der Waals surface area contributed by atoms with Crippen LogP contribution in [0.4, 0.5) is 0 Å². The summed E-state index contributed by atoms with van der Waals surface area (Å²) in [6, 6.07) is 15.0. The first-order chi connectivity index (χ1) is 9.61. The second-order valence-corrected chi connectivity index (χ2v) is 4.79. The van der Waals surface area contributed by atoms with E-state index in [0.29, 0.717) is 6.54 Å². The molecule has 0 radical (unpaired) electrons. The summed E-state index contributed by atoms with van der Waals surface area (Å²) in [6.07, 6.45) is 0. The van der Waals surface area contributed by atoms with E-state index in [-0.39, 0.29) is 17.6 Å². The number of likely N-dealkylation sites (N-methyl/N-ethyl adjacent to an activating group) is 1. The minimum Gasteiger partial charge on any atom is -0.508 e. The van der Waals surface area contributed by atoms with Gasteiger partial charge < -0.3 is 10.4 Å². The van der Waals surface area contributed by atoms with Crippen LogP contribution >= 0.6 is 0 Å². The topological polar surface area (TPSA) is 49.3 Å². The van der Waals surface area contributed by atoms with Crippen LogP contribution < -0.4 is 5.32 Å². The van der Waals surface area contributed by atoms with Crippen LogP contribution in [-0.4, -0.2) is 17.6 Å². The highest BCUT2D eigenvalue weighted by Gasteiger charge is 2.13. The second-order valence-electron chi connectivity index (χ2n) is 4.79. The van der Waals surface area contributed by atoms with Crippen LogP contribution in [0, 0.1) is 0 Å². The minimum absolute atomic E-state index is 0.0462. The molecule has 0 saturated heterocycles. The molecule has 0 aliphatic rings. The summed E-state index contributed by atoms with van der Waals surface area (Å²) in [5.74, 6) is 0.156. The van der Waals surface area contributed by atoms with Gasteiger partial charge in [0.15, 0.2) is 0 Å². The van der Waals surface area contributed by atoms with E-state index < -0.39 is 0 Å². The highest BCUT2D eigenvalue weighted by molar-refractivity contribution is 5.83. The molecule has 0 spiro atoms. The fourth-order valence-corrected chi connectivity index (χ4v) is 2.10. The van der Waals surface area contributed by atoms with E-state index in [0.717, 1.165) is 16.7 Å². The monoisotopic (exact) mass is 269 g/mol. The lowest BCUT2D eigenvalue weighted by molar-refractivity contribution is -0.122. The molecule has 1 amide bonds. The average molecular weight is 269 g/mol. The van der Waals surface area contributed by atoms with Crippen LogP contribution in [-0.2, 0) is 4.79 Å². The van der Waals surface area contributed by atoms with E-state index in [2.05, 4.69) is 5.32 Å². The van der Waals surface area contributed by atoms with Gasteiger partial charge in [-0.1, -0.05) is 36.4 Å². The minimum atomic E-state index is -0.149. The molecule has 2 N–H and O–H groups in total. The summed E-state index contributed by atoms with van der Waals surface area (Å²) >= 11 is 0. The number of phenols is 1. The quantitative estimate of drug-likeness (QED) is 0.894. The van der Waals surface area contributed by atoms with Crippen molar-refractivity contribution in [1.82, 2.24) is 5.32 Å². The average Bonchev–Trinajstić information content (AvgIpc) is 2.48. The van der Waals surface area contributed by atoms with Crippen LogP contribution in [0.15, 0.2) is 48.5 Å². The number of amides is 1. The lowest BCUT2D eigenvalue weighted by atomic mass is 9.97. The van der Waals surface area contributed by atoms with Crippen molar-refractivity contribution in [3.05, 3.63) is 54.1 Å². The zero-order valence-corrected chi connectivity index (χ0v) is 11.8. The predicted molar refractivity (Wildman–Crippen MR) is 80.6 cm³/mol. The number of benzene rings is 2. The maximum atomic E-state index is 11.8. The number of carbonyl (C=O) groups is 1. The molecule has 1 unspecified atom stereocenters. The largest absolute Gasteiger partial charge is 0.508 e. The molecule has 0 saturated carbocycles. The molecule has 3 nitrogen and oxygen atoms in total. The van der Waals surface area contributed by atoms with Gasteiger partial charge in [0.05, 0.1) is 5.92 Å². The summed E-state index contributed by atoms with van der Waals surface area (Å²) in [4.78, 5) is 11.8. The van der Waals surface area contributed by atoms with E-state index >= 15 is 0 Å². The van der Waals surface area contributed by atoms with E-state index in [9.17, 15) is 9.90 Å². The lowest BCUT2D eigenvalue weighted by Crippen LogP contribution is -2.27. The van der Waals surface area contributed by atoms with Crippen molar-refractivity contribution < 1.29 is 9.90 Å². The number of hydrogen-bond acceptors (Lipinski definition) is 2. The molecule has 0 aliphatic heterocycles. The van der Waals surface area contributed by atoms with Gasteiger partial charge in [0, 0.05) is 6.54 Å². The van der Waals surface area contributed by atoms with Crippen LogP contribution in [0.2, 0.25) is 0 Å². The summed E-state index contributed by atoms with van der Waals surface area (Å²) in [5.41, 5.74) is 3.11. The molecular formula is C17H19NO2. The molecule has 2 rings (SSSR count). The second kappa shape index (κ2) is 6.24. The molecule has 0 fully saturated rings. The maximum absolute atomic E-state index is 11.8. The molecule has 1 atom stereocenters. The van der Waals surface area contributed by atoms with Crippen molar-refractivity contribution in [2.75, 3.05) is 6.54 Å². The van der Waals surface area contributed by atoms with Crippen molar-refractivity contribution in [2.45, 2.75) is 19.8 Å². The van der Waals surface area contributed by atoms with Gasteiger partial charge in [0.2, 0.25) is 5.91 Å². The van der Waals surface area contributed by atoms with E-state index in [4.69, 9.17) is 0 Å². The van der Waals surface area contributed by atoms with Gasteiger partial charge in [-0.25, -0.2) is 0 Å². The van der Waals surface area contributed by atoms with Gasteiger partial charge in [0.1, 0.15) is 5.75 Å².